The molecule has 0 unspecified atom stereocenters. The molecule has 0 spiro atoms. The molecule has 1 aromatic rings. The summed E-state index contributed by atoms with van der Waals surface area (Å²) in [5.74, 6) is 4.99. The summed E-state index contributed by atoms with van der Waals surface area (Å²) in [6, 6.07) is 0. The molecular formula is C9H12N4O2S. The predicted molar refractivity (Wildman–Crippen MR) is 59.3 cm³/mol. The Morgan fingerprint density at radius 1 is 1.44 bits per heavy atom. The highest BCUT2D eigenvalue weighted by atomic mass is 32.1. The van der Waals surface area contributed by atoms with Crippen LogP contribution < -0.4 is 11.3 Å². The van der Waals surface area contributed by atoms with Gasteiger partial charge in [0.15, 0.2) is 5.13 Å². The third kappa shape index (κ3) is 2.20. The van der Waals surface area contributed by atoms with Crippen LogP contribution in [0.15, 0.2) is 6.20 Å². The van der Waals surface area contributed by atoms with Gasteiger partial charge in [-0.25, -0.2) is 10.8 Å². The van der Waals surface area contributed by atoms with E-state index in [1.165, 1.54) is 16.2 Å². The second kappa shape index (κ2) is 4.58. The van der Waals surface area contributed by atoms with E-state index in [4.69, 9.17) is 5.84 Å². The normalized spacial score (nSPS) is 16.7. The fraction of sp³-hybridized carbons (Fsp3) is 0.444. The van der Waals surface area contributed by atoms with Crippen LogP contribution in [0, 0.1) is 0 Å². The number of nitrogen functional groups attached to an aromatic ring is 1. The molecule has 1 aliphatic rings. The number of aromatic nitrogens is 1. The SMILES string of the molecule is NNc1ncc(CN2C(=O)CCCC2=O)s1. The van der Waals surface area contributed by atoms with Crippen molar-refractivity contribution in [3.8, 4) is 0 Å². The lowest BCUT2D eigenvalue weighted by atomic mass is 10.1. The molecule has 2 heterocycles. The number of imide groups is 1. The van der Waals surface area contributed by atoms with Crippen molar-refractivity contribution in [2.24, 2.45) is 5.84 Å². The molecule has 16 heavy (non-hydrogen) atoms. The van der Waals surface area contributed by atoms with E-state index >= 15 is 0 Å². The van der Waals surface area contributed by atoms with E-state index in [2.05, 4.69) is 10.4 Å². The third-order valence-electron chi connectivity index (χ3n) is 2.37. The van der Waals surface area contributed by atoms with Crippen LogP contribution in [0.2, 0.25) is 0 Å². The lowest BCUT2D eigenvalue weighted by Crippen LogP contribution is -2.39. The fourth-order valence-corrected chi connectivity index (χ4v) is 2.29. The number of hydrazine groups is 1. The number of hydrogen-bond donors (Lipinski definition) is 2. The Balaban J connectivity index is 2.07. The summed E-state index contributed by atoms with van der Waals surface area (Å²) in [7, 11) is 0. The lowest BCUT2D eigenvalue weighted by Gasteiger charge is -2.23. The molecule has 0 bridgehead atoms. The van der Waals surface area contributed by atoms with Crippen molar-refractivity contribution in [2.45, 2.75) is 25.8 Å². The number of hydrogen-bond acceptors (Lipinski definition) is 6. The quantitative estimate of drug-likeness (QED) is 0.455. The molecule has 1 fully saturated rings. The number of nitrogens with zero attached hydrogens (tertiary/aromatic N) is 2. The average Bonchev–Trinajstić information content (AvgIpc) is 2.71. The molecule has 0 saturated carbocycles. The Kier molecular flexibility index (Phi) is 3.16. The molecule has 1 aliphatic heterocycles. The van der Waals surface area contributed by atoms with E-state index in [1.54, 1.807) is 6.20 Å². The van der Waals surface area contributed by atoms with Gasteiger partial charge in [-0.05, 0) is 6.42 Å². The van der Waals surface area contributed by atoms with Crippen LogP contribution in [-0.4, -0.2) is 21.7 Å². The molecule has 1 saturated heterocycles. The van der Waals surface area contributed by atoms with Crippen molar-refractivity contribution in [1.29, 1.82) is 0 Å². The topological polar surface area (TPSA) is 88.3 Å². The summed E-state index contributed by atoms with van der Waals surface area (Å²) in [6.07, 6.45) is 3.18. The molecule has 86 valence electrons. The Morgan fingerprint density at radius 2 is 2.12 bits per heavy atom. The molecule has 2 rings (SSSR count). The van der Waals surface area contributed by atoms with Gasteiger partial charge in [0.05, 0.1) is 6.54 Å². The smallest absolute Gasteiger partial charge is 0.229 e. The van der Waals surface area contributed by atoms with E-state index in [0.29, 0.717) is 30.9 Å². The number of carbonyl (C=O) groups is 2. The number of likely N-dealkylation sites (tertiary alicyclic amines) is 1. The first kappa shape index (κ1) is 11.0. The van der Waals surface area contributed by atoms with E-state index < -0.39 is 0 Å². The molecule has 0 radical (unpaired) electrons. The molecular weight excluding hydrogens is 228 g/mol. The van der Waals surface area contributed by atoms with Crippen LogP contribution in [0.25, 0.3) is 0 Å². The number of rotatable bonds is 3. The zero-order valence-electron chi connectivity index (χ0n) is 8.60. The van der Waals surface area contributed by atoms with Gasteiger partial charge in [0.25, 0.3) is 0 Å². The van der Waals surface area contributed by atoms with E-state index in [-0.39, 0.29) is 11.8 Å². The van der Waals surface area contributed by atoms with Gasteiger partial charge in [-0.1, -0.05) is 11.3 Å². The van der Waals surface area contributed by atoms with Gasteiger partial charge in [-0.2, -0.15) is 0 Å². The van der Waals surface area contributed by atoms with Gasteiger partial charge >= 0.3 is 0 Å². The molecule has 7 heteroatoms. The molecule has 0 aliphatic carbocycles. The number of nitrogens with two attached hydrogens (primary N) is 1. The van der Waals surface area contributed by atoms with E-state index in [1.807, 2.05) is 0 Å². The summed E-state index contributed by atoms with van der Waals surface area (Å²) >= 11 is 1.34. The largest absolute Gasteiger partial charge is 0.300 e. The van der Waals surface area contributed by atoms with Crippen LogP contribution >= 0.6 is 11.3 Å². The van der Waals surface area contributed by atoms with Gasteiger partial charge in [0.1, 0.15) is 0 Å². The number of piperidine rings is 1. The van der Waals surface area contributed by atoms with Crippen LogP contribution in [0.4, 0.5) is 5.13 Å². The monoisotopic (exact) mass is 240 g/mol. The molecule has 0 atom stereocenters. The van der Waals surface area contributed by atoms with Crippen molar-refractivity contribution in [1.82, 2.24) is 9.88 Å². The number of carbonyl (C=O) groups excluding carboxylic acids is 2. The summed E-state index contributed by atoms with van der Waals surface area (Å²) < 4.78 is 0. The van der Waals surface area contributed by atoms with E-state index in [0.717, 1.165) is 4.88 Å². The summed E-state index contributed by atoms with van der Waals surface area (Å²) in [5.41, 5.74) is 2.43. The first-order valence-electron chi connectivity index (χ1n) is 4.95. The second-order valence-corrected chi connectivity index (χ2v) is 4.62. The standard InChI is InChI=1S/C9H12N4O2S/c10-12-9-11-4-6(16-9)5-13-7(14)2-1-3-8(13)15/h4H,1-3,5,10H2,(H,11,12). The number of nitrogens with one attached hydrogen (secondary N) is 1. The minimum atomic E-state index is -0.105. The second-order valence-electron chi connectivity index (χ2n) is 3.50. The summed E-state index contributed by atoms with van der Waals surface area (Å²) in [4.78, 5) is 29.2. The van der Waals surface area contributed by atoms with Crippen molar-refractivity contribution >= 4 is 28.3 Å². The van der Waals surface area contributed by atoms with Crippen molar-refractivity contribution in [3.05, 3.63) is 11.1 Å². The van der Waals surface area contributed by atoms with Gasteiger partial charge in [0.2, 0.25) is 11.8 Å². The summed E-state index contributed by atoms with van der Waals surface area (Å²) in [5, 5.41) is 0.576. The highest BCUT2D eigenvalue weighted by molar-refractivity contribution is 7.15. The Labute approximate surface area is 96.4 Å². The maximum Gasteiger partial charge on any atom is 0.229 e. The highest BCUT2D eigenvalue weighted by Gasteiger charge is 2.26. The molecule has 1 aromatic heterocycles. The lowest BCUT2D eigenvalue weighted by molar-refractivity contribution is -0.148. The number of anilines is 1. The zero-order valence-corrected chi connectivity index (χ0v) is 9.42. The number of thiazole rings is 1. The van der Waals surface area contributed by atoms with Crippen molar-refractivity contribution < 1.29 is 9.59 Å². The van der Waals surface area contributed by atoms with Gasteiger partial charge in [0, 0.05) is 23.9 Å². The average molecular weight is 240 g/mol. The van der Waals surface area contributed by atoms with E-state index in [9.17, 15) is 9.59 Å². The number of amides is 2. The van der Waals surface area contributed by atoms with Gasteiger partial charge in [-0.15, -0.1) is 0 Å². The van der Waals surface area contributed by atoms with Gasteiger partial charge < -0.3 is 0 Å². The maximum atomic E-state index is 11.5. The zero-order chi connectivity index (χ0) is 11.5. The van der Waals surface area contributed by atoms with Crippen LogP contribution in [0.3, 0.4) is 0 Å². The Morgan fingerprint density at radius 3 is 2.69 bits per heavy atom. The summed E-state index contributed by atoms with van der Waals surface area (Å²) in [6.45, 7) is 0.303. The Hall–Kier alpha value is -1.47. The molecule has 3 N–H and O–H groups in total. The third-order valence-corrected chi connectivity index (χ3v) is 3.29. The van der Waals surface area contributed by atoms with Crippen LogP contribution in [0.5, 0.6) is 0 Å². The molecule has 0 aromatic carbocycles. The molecule has 2 amide bonds. The predicted octanol–water partition coefficient (Wildman–Crippen LogP) is 0.468. The van der Waals surface area contributed by atoms with Crippen LogP contribution in [0.1, 0.15) is 24.1 Å². The van der Waals surface area contributed by atoms with Crippen molar-refractivity contribution in [2.75, 3.05) is 5.43 Å². The first-order valence-corrected chi connectivity index (χ1v) is 5.77. The first-order chi connectivity index (χ1) is 7.70. The minimum Gasteiger partial charge on any atom is -0.300 e. The Bertz CT molecular complexity index is 401. The van der Waals surface area contributed by atoms with Gasteiger partial charge in [-0.3, -0.25) is 19.9 Å². The maximum absolute atomic E-state index is 11.5. The fourth-order valence-electron chi connectivity index (χ4n) is 1.58. The van der Waals surface area contributed by atoms with Crippen molar-refractivity contribution in [3.63, 3.8) is 0 Å². The minimum absolute atomic E-state index is 0.105. The highest BCUT2D eigenvalue weighted by Crippen LogP contribution is 2.21. The molecule has 6 nitrogen and oxygen atoms in total. The van der Waals surface area contributed by atoms with Crippen LogP contribution in [-0.2, 0) is 16.1 Å².